The van der Waals surface area contributed by atoms with Gasteiger partial charge in [0.1, 0.15) is 12.3 Å². The van der Waals surface area contributed by atoms with Gasteiger partial charge in [0.15, 0.2) is 0 Å². The Morgan fingerprint density at radius 2 is 2.07 bits per heavy atom. The number of allylic oxidation sites excluding steroid dienone is 2. The molecule has 2 aliphatic rings. The van der Waals surface area contributed by atoms with E-state index in [-0.39, 0.29) is 17.1 Å². The minimum Gasteiger partial charge on any atom is -0.494 e. The number of nitrogens with one attached hydrogen (secondary N) is 1. The van der Waals surface area contributed by atoms with Crippen molar-refractivity contribution in [3.8, 4) is 5.75 Å². The molecule has 0 radical (unpaired) electrons. The fraction of sp³-hybridized carbons (Fsp3) is 0.353. The van der Waals surface area contributed by atoms with E-state index in [4.69, 9.17) is 16.3 Å². The second-order valence-electron chi connectivity index (χ2n) is 6.26. The summed E-state index contributed by atoms with van der Waals surface area (Å²) in [5.41, 5.74) is 0.0116. The highest BCUT2D eigenvalue weighted by molar-refractivity contribution is 6.30. The number of nitro benzene ring substituents is 1. The minimum atomic E-state index is -0.610. The number of hydrogen-bond acceptors (Lipinski definition) is 6. The van der Waals surface area contributed by atoms with E-state index < -0.39 is 41.0 Å². The molecule has 142 valence electrons. The monoisotopic (exact) mass is 393 g/mol. The van der Waals surface area contributed by atoms with Crippen molar-refractivity contribution in [2.75, 3.05) is 19.0 Å². The molecule has 1 heterocycles. The molecule has 2 unspecified atom stereocenters. The van der Waals surface area contributed by atoms with Gasteiger partial charge in [-0.15, -0.1) is 0 Å². The van der Waals surface area contributed by atoms with E-state index in [9.17, 15) is 24.5 Å². The van der Waals surface area contributed by atoms with Crippen molar-refractivity contribution >= 4 is 40.7 Å². The van der Waals surface area contributed by atoms with E-state index in [0.717, 1.165) is 4.90 Å². The maximum atomic E-state index is 12.5. The first-order valence-corrected chi connectivity index (χ1v) is 8.51. The number of ether oxygens (including phenoxy) is 1. The number of non-ortho nitro benzene ring substituents is 1. The molecule has 0 bridgehead atoms. The molecule has 1 saturated heterocycles. The number of anilines is 1. The van der Waals surface area contributed by atoms with Gasteiger partial charge in [0, 0.05) is 11.1 Å². The van der Waals surface area contributed by atoms with Gasteiger partial charge < -0.3 is 10.1 Å². The van der Waals surface area contributed by atoms with Crippen molar-refractivity contribution in [2.24, 2.45) is 11.8 Å². The van der Waals surface area contributed by atoms with Crippen LogP contribution >= 0.6 is 11.6 Å². The number of methoxy groups -OCH3 is 1. The zero-order valence-electron chi connectivity index (χ0n) is 14.3. The molecule has 0 spiro atoms. The topological polar surface area (TPSA) is 119 Å². The Hall–Kier alpha value is -2.94. The van der Waals surface area contributed by atoms with Crippen LogP contribution in [0, 0.1) is 22.0 Å². The molecule has 0 saturated carbocycles. The molecule has 9 nitrogen and oxygen atoms in total. The zero-order valence-corrected chi connectivity index (χ0v) is 15.1. The van der Waals surface area contributed by atoms with Gasteiger partial charge in [-0.05, 0) is 18.9 Å². The first-order valence-electron chi connectivity index (χ1n) is 8.14. The third-order valence-electron chi connectivity index (χ3n) is 4.63. The number of halogens is 1. The van der Waals surface area contributed by atoms with E-state index in [0.29, 0.717) is 17.9 Å². The van der Waals surface area contributed by atoms with Crippen molar-refractivity contribution in [3.63, 3.8) is 0 Å². The number of nitrogens with zero attached hydrogens (tertiary/aromatic N) is 2. The number of amides is 3. The van der Waals surface area contributed by atoms with Gasteiger partial charge >= 0.3 is 0 Å². The molecule has 1 N–H and O–H groups in total. The molecule has 0 aromatic heterocycles. The van der Waals surface area contributed by atoms with Gasteiger partial charge in [0.25, 0.3) is 5.69 Å². The minimum absolute atomic E-state index is 0.0984. The first-order chi connectivity index (χ1) is 12.8. The summed E-state index contributed by atoms with van der Waals surface area (Å²) < 4.78 is 5.05. The van der Waals surface area contributed by atoms with Crippen LogP contribution in [0.15, 0.2) is 29.3 Å². The number of imide groups is 1. The van der Waals surface area contributed by atoms with Gasteiger partial charge in [-0.25, -0.2) is 0 Å². The van der Waals surface area contributed by atoms with Gasteiger partial charge in [0.05, 0.1) is 35.6 Å². The average Bonchev–Trinajstić information content (AvgIpc) is 2.86. The summed E-state index contributed by atoms with van der Waals surface area (Å²) in [6.45, 7) is -0.442. The van der Waals surface area contributed by atoms with E-state index in [1.807, 2.05) is 0 Å². The Labute approximate surface area is 159 Å². The SMILES string of the molecule is COc1cc([N+](=O)[O-])ccc1NC(=O)CN1C(=O)C2CC=C(Cl)CC2C1=O. The van der Waals surface area contributed by atoms with Crippen molar-refractivity contribution < 1.29 is 24.0 Å². The number of carbonyl (C=O) groups is 3. The highest BCUT2D eigenvalue weighted by Gasteiger charge is 2.48. The second kappa shape index (κ2) is 7.36. The smallest absolute Gasteiger partial charge is 0.273 e. The Bertz CT molecular complexity index is 868. The number of fused-ring (bicyclic) bond motifs is 1. The second-order valence-corrected chi connectivity index (χ2v) is 6.74. The lowest BCUT2D eigenvalue weighted by Crippen LogP contribution is -2.38. The number of likely N-dealkylation sites (tertiary alicyclic amines) is 1. The van der Waals surface area contributed by atoms with E-state index in [1.54, 1.807) is 6.08 Å². The van der Waals surface area contributed by atoms with Crippen LogP contribution in [-0.2, 0) is 14.4 Å². The van der Waals surface area contributed by atoms with Crippen molar-refractivity contribution in [3.05, 3.63) is 39.4 Å². The summed E-state index contributed by atoms with van der Waals surface area (Å²) in [6, 6.07) is 3.71. The maximum absolute atomic E-state index is 12.5. The van der Waals surface area contributed by atoms with Crippen LogP contribution in [-0.4, -0.2) is 41.2 Å². The number of nitro groups is 1. The molecule has 1 aliphatic heterocycles. The maximum Gasteiger partial charge on any atom is 0.273 e. The molecule has 3 rings (SSSR count). The standard InChI is InChI=1S/C17H16ClN3O6/c1-27-14-7-10(21(25)26)3-5-13(14)19-15(22)8-20-16(23)11-4-2-9(18)6-12(11)17(20)24/h2-3,5,7,11-12H,4,6,8H2,1H3,(H,19,22). The van der Waals surface area contributed by atoms with Crippen LogP contribution in [0.2, 0.25) is 0 Å². The molecular formula is C17H16ClN3O6. The van der Waals surface area contributed by atoms with E-state index in [2.05, 4.69) is 5.32 Å². The van der Waals surface area contributed by atoms with Crippen LogP contribution in [0.1, 0.15) is 12.8 Å². The first kappa shape index (κ1) is 18.8. The van der Waals surface area contributed by atoms with Crippen LogP contribution in [0.25, 0.3) is 0 Å². The van der Waals surface area contributed by atoms with Crippen molar-refractivity contribution in [2.45, 2.75) is 12.8 Å². The lowest BCUT2D eigenvalue weighted by atomic mass is 9.85. The fourth-order valence-electron chi connectivity index (χ4n) is 3.28. The summed E-state index contributed by atoms with van der Waals surface area (Å²) in [4.78, 5) is 48.4. The molecule has 1 aromatic carbocycles. The summed E-state index contributed by atoms with van der Waals surface area (Å²) in [5.74, 6) is -2.33. The summed E-state index contributed by atoms with van der Waals surface area (Å²) >= 11 is 5.96. The van der Waals surface area contributed by atoms with Crippen molar-refractivity contribution in [1.29, 1.82) is 0 Å². The molecule has 1 fully saturated rings. The lowest BCUT2D eigenvalue weighted by Gasteiger charge is -2.17. The highest BCUT2D eigenvalue weighted by atomic mass is 35.5. The fourth-order valence-corrected chi connectivity index (χ4v) is 3.54. The third kappa shape index (κ3) is 3.63. The number of rotatable bonds is 5. The molecular weight excluding hydrogens is 378 g/mol. The lowest BCUT2D eigenvalue weighted by molar-refractivity contribution is -0.384. The summed E-state index contributed by atoms with van der Waals surface area (Å²) in [5, 5.41) is 13.9. The normalized spacial score (nSPS) is 21.6. The average molecular weight is 394 g/mol. The molecule has 27 heavy (non-hydrogen) atoms. The largest absolute Gasteiger partial charge is 0.494 e. The quantitative estimate of drug-likeness (QED) is 0.464. The van der Waals surface area contributed by atoms with Crippen LogP contribution in [0.4, 0.5) is 11.4 Å². The third-order valence-corrected chi connectivity index (χ3v) is 4.94. The number of carbonyl (C=O) groups excluding carboxylic acids is 3. The Morgan fingerprint density at radius 1 is 1.37 bits per heavy atom. The Balaban J connectivity index is 1.71. The predicted octanol–water partition coefficient (Wildman–Crippen LogP) is 2.06. The number of benzene rings is 1. The molecule has 1 aromatic rings. The van der Waals surface area contributed by atoms with E-state index in [1.165, 1.54) is 25.3 Å². The van der Waals surface area contributed by atoms with Crippen LogP contribution < -0.4 is 10.1 Å². The zero-order chi connectivity index (χ0) is 19.7. The van der Waals surface area contributed by atoms with E-state index >= 15 is 0 Å². The number of hydrogen-bond donors (Lipinski definition) is 1. The summed E-state index contributed by atoms with van der Waals surface area (Å²) in [7, 11) is 1.31. The Morgan fingerprint density at radius 3 is 2.74 bits per heavy atom. The highest BCUT2D eigenvalue weighted by Crippen LogP contribution is 2.38. The van der Waals surface area contributed by atoms with Gasteiger partial charge in [-0.1, -0.05) is 17.7 Å². The van der Waals surface area contributed by atoms with Crippen molar-refractivity contribution in [1.82, 2.24) is 4.90 Å². The Kier molecular flexibility index (Phi) is 5.13. The molecule has 3 amide bonds. The van der Waals surface area contributed by atoms with Gasteiger partial charge in [0.2, 0.25) is 17.7 Å². The molecule has 10 heteroatoms. The van der Waals surface area contributed by atoms with Crippen LogP contribution in [0.5, 0.6) is 5.75 Å². The van der Waals surface area contributed by atoms with Crippen LogP contribution in [0.3, 0.4) is 0 Å². The predicted molar refractivity (Wildman–Crippen MR) is 95.1 cm³/mol. The molecule has 2 atom stereocenters. The molecule has 1 aliphatic carbocycles. The van der Waals surface area contributed by atoms with Gasteiger partial charge in [-0.3, -0.25) is 29.4 Å². The summed E-state index contributed by atoms with van der Waals surface area (Å²) in [6.07, 6.45) is 2.40. The van der Waals surface area contributed by atoms with Gasteiger partial charge in [-0.2, -0.15) is 0 Å².